The minimum atomic E-state index is -1.44. The lowest BCUT2D eigenvalue weighted by Gasteiger charge is -2.27. The molecule has 0 saturated heterocycles. The van der Waals surface area contributed by atoms with Gasteiger partial charge in [0.1, 0.15) is 12.2 Å². The summed E-state index contributed by atoms with van der Waals surface area (Å²) in [4.78, 5) is 21.3. The number of fused-ring (bicyclic) bond motifs is 5. The summed E-state index contributed by atoms with van der Waals surface area (Å²) in [6, 6.07) is 7.46. The summed E-state index contributed by atoms with van der Waals surface area (Å²) < 4.78 is 9.44. The quantitative estimate of drug-likeness (QED) is 0.781. The van der Waals surface area contributed by atoms with Crippen LogP contribution >= 0.6 is 0 Å². The lowest BCUT2D eigenvalue weighted by molar-refractivity contribution is -0.0401. The normalized spacial score (nSPS) is 21.8. The first-order chi connectivity index (χ1) is 8.54. The molecule has 1 aromatic rings. The highest BCUT2D eigenvalue weighted by molar-refractivity contribution is 5.58. The Kier molecular flexibility index (Phi) is 3.36. The zero-order chi connectivity index (χ0) is 13.1. The molecule has 0 saturated carbocycles. The first-order valence-electron chi connectivity index (χ1n) is 5.41. The van der Waals surface area contributed by atoms with Crippen LogP contribution in [0.2, 0.25) is 0 Å². The molecule has 2 aliphatic rings. The Hall–Kier alpha value is -2.24. The summed E-state index contributed by atoms with van der Waals surface area (Å²) in [6.07, 6.45) is -3.92. The highest BCUT2D eigenvalue weighted by atomic mass is 16.7. The summed E-state index contributed by atoms with van der Waals surface area (Å²) in [5.41, 5.74) is 1.76. The number of carbonyl (C=O) groups is 2. The molecule has 0 fully saturated rings. The summed E-state index contributed by atoms with van der Waals surface area (Å²) in [7, 11) is 0. The van der Waals surface area contributed by atoms with Crippen LogP contribution in [0.3, 0.4) is 0 Å². The zero-order valence-corrected chi connectivity index (χ0v) is 9.41. The zero-order valence-electron chi connectivity index (χ0n) is 9.41. The molecule has 2 aliphatic carbocycles. The van der Waals surface area contributed by atoms with Crippen LogP contribution in [0.1, 0.15) is 11.1 Å². The van der Waals surface area contributed by atoms with Crippen molar-refractivity contribution in [2.75, 3.05) is 0 Å². The van der Waals surface area contributed by atoms with Gasteiger partial charge in [-0.3, -0.25) is 0 Å². The third-order valence-electron chi connectivity index (χ3n) is 2.82. The Morgan fingerprint density at radius 3 is 1.50 bits per heavy atom. The number of carboxylic acid groups (broad SMARTS) is 2. The third-order valence-corrected chi connectivity index (χ3v) is 2.82. The molecule has 6 nitrogen and oxygen atoms in total. The Balaban J connectivity index is 2.23. The van der Waals surface area contributed by atoms with E-state index in [9.17, 15) is 9.59 Å². The molecule has 2 bridgehead atoms. The molecule has 2 N–H and O–H groups in total. The molecule has 0 radical (unpaired) electrons. The van der Waals surface area contributed by atoms with Gasteiger partial charge in [-0.1, -0.05) is 24.3 Å². The van der Waals surface area contributed by atoms with Gasteiger partial charge in [-0.25, -0.2) is 9.59 Å². The van der Waals surface area contributed by atoms with Crippen LogP contribution in [0.5, 0.6) is 0 Å². The van der Waals surface area contributed by atoms with Gasteiger partial charge >= 0.3 is 12.3 Å². The van der Waals surface area contributed by atoms with Crippen LogP contribution in [0.15, 0.2) is 24.3 Å². The molecule has 3 rings (SSSR count). The van der Waals surface area contributed by atoms with Crippen molar-refractivity contribution in [3.63, 3.8) is 0 Å². The second-order valence-corrected chi connectivity index (χ2v) is 4.07. The van der Waals surface area contributed by atoms with Crippen LogP contribution in [0.25, 0.3) is 0 Å². The van der Waals surface area contributed by atoms with Gasteiger partial charge in [0, 0.05) is 12.8 Å². The highest BCUT2D eigenvalue weighted by Gasteiger charge is 2.30. The summed E-state index contributed by atoms with van der Waals surface area (Å²) >= 11 is 0. The molecule has 1 aromatic carbocycles. The van der Waals surface area contributed by atoms with E-state index in [2.05, 4.69) is 0 Å². The second kappa shape index (κ2) is 4.95. The SMILES string of the molecule is O=C(O)OC1Cc2ccc(cc2)CC1OC(=O)O. The van der Waals surface area contributed by atoms with Crippen molar-refractivity contribution in [2.24, 2.45) is 0 Å². The molecule has 0 heterocycles. The van der Waals surface area contributed by atoms with Crippen molar-refractivity contribution in [1.29, 1.82) is 0 Å². The standard InChI is InChI=1S/C12H12O6/c13-11(14)17-9-5-7-1-2-8(4-3-7)6-10(9)18-12(15)16/h1-4,9-10H,5-6H2,(H,13,14)(H,15,16). The van der Waals surface area contributed by atoms with Crippen molar-refractivity contribution in [1.82, 2.24) is 0 Å². The maximum absolute atomic E-state index is 10.6. The maximum Gasteiger partial charge on any atom is 0.506 e. The molecule has 0 aliphatic heterocycles. The van der Waals surface area contributed by atoms with Crippen LogP contribution < -0.4 is 0 Å². The van der Waals surface area contributed by atoms with E-state index in [0.29, 0.717) is 12.8 Å². The molecule has 2 unspecified atom stereocenters. The Labute approximate surface area is 103 Å². The Bertz CT molecular complexity index is 409. The fourth-order valence-corrected chi connectivity index (χ4v) is 2.03. The van der Waals surface area contributed by atoms with E-state index in [1.807, 2.05) is 24.3 Å². The van der Waals surface area contributed by atoms with Gasteiger partial charge in [0.05, 0.1) is 0 Å². The summed E-state index contributed by atoms with van der Waals surface area (Å²) in [5.74, 6) is 0. The van der Waals surface area contributed by atoms with Gasteiger partial charge < -0.3 is 19.7 Å². The highest BCUT2D eigenvalue weighted by Crippen LogP contribution is 2.21. The summed E-state index contributed by atoms with van der Waals surface area (Å²) in [6.45, 7) is 0. The van der Waals surface area contributed by atoms with Gasteiger partial charge in [-0.05, 0) is 11.1 Å². The van der Waals surface area contributed by atoms with Gasteiger partial charge in [0.2, 0.25) is 0 Å². The summed E-state index contributed by atoms with van der Waals surface area (Å²) in [5, 5.41) is 17.3. The third kappa shape index (κ3) is 2.91. The maximum atomic E-state index is 10.6. The molecule has 6 heteroatoms. The molecule has 2 atom stereocenters. The van der Waals surface area contributed by atoms with Crippen molar-refractivity contribution < 1.29 is 29.3 Å². The van der Waals surface area contributed by atoms with Crippen molar-refractivity contribution in [3.8, 4) is 0 Å². The average Bonchev–Trinajstić information content (AvgIpc) is 2.26. The minimum absolute atomic E-state index is 0.296. The molecule has 0 spiro atoms. The predicted molar refractivity (Wildman–Crippen MR) is 59.6 cm³/mol. The van der Waals surface area contributed by atoms with E-state index in [0.717, 1.165) is 11.1 Å². The lowest BCUT2D eigenvalue weighted by Crippen LogP contribution is -2.38. The van der Waals surface area contributed by atoms with Crippen molar-refractivity contribution in [3.05, 3.63) is 35.4 Å². The van der Waals surface area contributed by atoms with Gasteiger partial charge in [-0.2, -0.15) is 0 Å². The number of ether oxygens (including phenoxy) is 2. The van der Waals surface area contributed by atoms with Crippen LogP contribution in [-0.2, 0) is 22.3 Å². The van der Waals surface area contributed by atoms with Gasteiger partial charge in [-0.15, -0.1) is 0 Å². The number of rotatable bonds is 2. The lowest BCUT2D eigenvalue weighted by atomic mass is 9.93. The van der Waals surface area contributed by atoms with Crippen LogP contribution in [-0.4, -0.2) is 34.7 Å². The molecular weight excluding hydrogens is 240 g/mol. The molecule has 0 aromatic heterocycles. The fourth-order valence-electron chi connectivity index (χ4n) is 2.03. The number of hydrogen-bond acceptors (Lipinski definition) is 4. The fraction of sp³-hybridized carbons (Fsp3) is 0.333. The topological polar surface area (TPSA) is 93.1 Å². The van der Waals surface area contributed by atoms with Crippen LogP contribution in [0, 0.1) is 0 Å². The van der Waals surface area contributed by atoms with Gasteiger partial charge in [0.15, 0.2) is 0 Å². The van der Waals surface area contributed by atoms with E-state index in [-0.39, 0.29) is 0 Å². The number of benzene rings is 1. The number of hydrogen-bond donors (Lipinski definition) is 2. The van der Waals surface area contributed by atoms with E-state index >= 15 is 0 Å². The Morgan fingerprint density at radius 1 is 0.889 bits per heavy atom. The van der Waals surface area contributed by atoms with Crippen molar-refractivity contribution in [2.45, 2.75) is 25.0 Å². The van der Waals surface area contributed by atoms with E-state index in [1.165, 1.54) is 0 Å². The van der Waals surface area contributed by atoms with E-state index < -0.39 is 24.5 Å². The van der Waals surface area contributed by atoms with Crippen molar-refractivity contribution >= 4 is 12.3 Å². The molecular formula is C12H12O6. The smallest absolute Gasteiger partial charge is 0.450 e. The monoisotopic (exact) mass is 252 g/mol. The largest absolute Gasteiger partial charge is 0.506 e. The van der Waals surface area contributed by atoms with E-state index in [1.54, 1.807) is 0 Å². The van der Waals surface area contributed by atoms with E-state index in [4.69, 9.17) is 19.7 Å². The average molecular weight is 252 g/mol. The minimum Gasteiger partial charge on any atom is -0.450 e. The molecule has 0 amide bonds. The Morgan fingerprint density at radius 2 is 1.22 bits per heavy atom. The second-order valence-electron chi connectivity index (χ2n) is 4.07. The predicted octanol–water partition coefficient (Wildman–Crippen LogP) is 1.91. The molecule has 96 valence electrons. The van der Waals surface area contributed by atoms with Gasteiger partial charge in [0.25, 0.3) is 0 Å². The molecule has 18 heavy (non-hydrogen) atoms. The first kappa shape index (κ1) is 12.2. The first-order valence-corrected chi connectivity index (χ1v) is 5.41. The van der Waals surface area contributed by atoms with Crippen LogP contribution in [0.4, 0.5) is 9.59 Å².